The molecule has 0 fully saturated rings. The van der Waals surface area contributed by atoms with Crippen LogP contribution in [0, 0.1) is 0 Å². The molecule has 0 radical (unpaired) electrons. The zero-order chi connectivity index (χ0) is 19.4. The summed E-state index contributed by atoms with van der Waals surface area (Å²) in [5, 5.41) is 6.63. The zero-order valence-electron chi connectivity index (χ0n) is 14.3. The maximum absolute atomic E-state index is 12.7. The number of hydrogen-bond donors (Lipinski definition) is 2. The van der Waals surface area contributed by atoms with Gasteiger partial charge in [-0.3, -0.25) is 4.79 Å². The minimum Gasteiger partial charge on any atom is -0.454 e. The lowest BCUT2D eigenvalue weighted by Gasteiger charge is -2.10. The van der Waals surface area contributed by atoms with Crippen LogP contribution in [0.15, 0.2) is 47.6 Å². The predicted octanol–water partition coefficient (Wildman–Crippen LogP) is 3.39. The lowest BCUT2D eigenvalue weighted by atomic mass is 10.1. The molecule has 1 aliphatic heterocycles. The third kappa shape index (κ3) is 4.69. The third-order valence-corrected chi connectivity index (χ3v) is 3.78. The number of amides is 1. The summed E-state index contributed by atoms with van der Waals surface area (Å²) in [6.07, 6.45) is -4.44. The van der Waals surface area contributed by atoms with Crippen molar-refractivity contribution in [3.05, 3.63) is 53.6 Å². The van der Waals surface area contributed by atoms with Gasteiger partial charge in [0.25, 0.3) is 5.91 Å². The van der Waals surface area contributed by atoms with Crippen molar-refractivity contribution < 1.29 is 27.4 Å². The number of carbonyl (C=O) groups is 1. The summed E-state index contributed by atoms with van der Waals surface area (Å²) in [5.41, 5.74) is 3.04. The second-order valence-corrected chi connectivity index (χ2v) is 5.73. The van der Waals surface area contributed by atoms with Gasteiger partial charge in [0, 0.05) is 11.3 Å². The normalized spacial score (nSPS) is 13.4. The Kier molecular flexibility index (Phi) is 5.20. The number of ether oxygens (including phenoxy) is 2. The van der Waals surface area contributed by atoms with E-state index in [1.54, 1.807) is 25.1 Å². The van der Waals surface area contributed by atoms with Gasteiger partial charge in [-0.1, -0.05) is 6.07 Å². The van der Waals surface area contributed by atoms with Gasteiger partial charge >= 0.3 is 6.18 Å². The lowest BCUT2D eigenvalue weighted by molar-refractivity contribution is -0.137. The minimum atomic E-state index is -4.44. The van der Waals surface area contributed by atoms with E-state index >= 15 is 0 Å². The Labute approximate surface area is 153 Å². The van der Waals surface area contributed by atoms with E-state index in [-0.39, 0.29) is 19.0 Å². The molecule has 0 unspecified atom stereocenters. The summed E-state index contributed by atoms with van der Waals surface area (Å²) < 4.78 is 48.5. The van der Waals surface area contributed by atoms with Gasteiger partial charge in [-0.05, 0) is 43.3 Å². The molecule has 0 spiro atoms. The molecule has 6 nitrogen and oxygen atoms in total. The molecule has 0 bridgehead atoms. The van der Waals surface area contributed by atoms with Crippen molar-refractivity contribution in [3.63, 3.8) is 0 Å². The minimum absolute atomic E-state index is 0.160. The fraction of sp³-hybridized carbons (Fsp3) is 0.222. The third-order valence-electron chi connectivity index (χ3n) is 3.78. The van der Waals surface area contributed by atoms with Crippen LogP contribution in [0.1, 0.15) is 18.1 Å². The van der Waals surface area contributed by atoms with Crippen LogP contribution in [0.25, 0.3) is 0 Å². The van der Waals surface area contributed by atoms with E-state index in [9.17, 15) is 18.0 Å². The van der Waals surface area contributed by atoms with Crippen LogP contribution in [-0.2, 0) is 11.0 Å². The average molecular weight is 379 g/mol. The van der Waals surface area contributed by atoms with Crippen LogP contribution < -0.4 is 20.2 Å². The first-order valence-electron chi connectivity index (χ1n) is 7.97. The molecular formula is C18H16F3N3O3. The molecule has 0 saturated heterocycles. The summed E-state index contributed by atoms with van der Waals surface area (Å²) in [5.74, 6) is 0.743. The number of halogens is 3. The molecule has 142 valence electrons. The van der Waals surface area contributed by atoms with E-state index in [0.29, 0.717) is 17.2 Å². The highest BCUT2D eigenvalue weighted by Crippen LogP contribution is 2.32. The molecule has 1 aliphatic rings. The predicted molar refractivity (Wildman–Crippen MR) is 92.9 cm³/mol. The average Bonchev–Trinajstić information content (AvgIpc) is 3.11. The van der Waals surface area contributed by atoms with Crippen molar-refractivity contribution in [2.75, 3.05) is 18.7 Å². The molecule has 27 heavy (non-hydrogen) atoms. The number of fused-ring (bicyclic) bond motifs is 1. The summed E-state index contributed by atoms with van der Waals surface area (Å²) in [7, 11) is 0. The topological polar surface area (TPSA) is 72.0 Å². The molecular weight excluding hydrogens is 363 g/mol. The second-order valence-electron chi connectivity index (χ2n) is 5.73. The molecule has 0 saturated carbocycles. The second kappa shape index (κ2) is 7.56. The van der Waals surface area contributed by atoms with E-state index in [2.05, 4.69) is 15.8 Å². The summed E-state index contributed by atoms with van der Waals surface area (Å²) in [4.78, 5) is 11.9. The van der Waals surface area contributed by atoms with Gasteiger partial charge < -0.3 is 14.8 Å². The van der Waals surface area contributed by atoms with Crippen LogP contribution >= 0.6 is 0 Å². The number of nitrogens with one attached hydrogen (secondary N) is 2. The number of alkyl halides is 3. The van der Waals surface area contributed by atoms with E-state index in [1.165, 1.54) is 12.1 Å². The largest absolute Gasteiger partial charge is 0.454 e. The molecule has 3 rings (SSSR count). The van der Waals surface area contributed by atoms with Crippen molar-refractivity contribution >= 4 is 17.3 Å². The fourth-order valence-electron chi connectivity index (χ4n) is 2.36. The van der Waals surface area contributed by atoms with Gasteiger partial charge in [0.2, 0.25) is 6.79 Å². The first kappa shape index (κ1) is 18.6. The number of benzene rings is 2. The first-order chi connectivity index (χ1) is 12.8. The fourth-order valence-corrected chi connectivity index (χ4v) is 2.36. The number of nitrogens with zero attached hydrogens (tertiary/aromatic N) is 1. The van der Waals surface area contributed by atoms with E-state index in [4.69, 9.17) is 9.47 Å². The molecule has 0 atom stereocenters. The van der Waals surface area contributed by atoms with Crippen molar-refractivity contribution in [1.82, 2.24) is 5.43 Å². The molecule has 2 aromatic carbocycles. The monoisotopic (exact) mass is 379 g/mol. The van der Waals surface area contributed by atoms with Crippen molar-refractivity contribution in [2.24, 2.45) is 5.10 Å². The van der Waals surface area contributed by atoms with Crippen molar-refractivity contribution in [3.8, 4) is 11.5 Å². The Morgan fingerprint density at radius 2 is 1.93 bits per heavy atom. The van der Waals surface area contributed by atoms with Gasteiger partial charge in [-0.2, -0.15) is 18.3 Å². The van der Waals surface area contributed by atoms with Crippen molar-refractivity contribution in [1.29, 1.82) is 0 Å². The van der Waals surface area contributed by atoms with Crippen LogP contribution in [0.4, 0.5) is 18.9 Å². The Morgan fingerprint density at radius 1 is 1.15 bits per heavy atom. The van der Waals surface area contributed by atoms with Crippen LogP contribution in [0.3, 0.4) is 0 Å². The van der Waals surface area contributed by atoms with Gasteiger partial charge in [0.05, 0.1) is 17.8 Å². The maximum Gasteiger partial charge on any atom is 0.416 e. The summed E-state index contributed by atoms with van der Waals surface area (Å²) in [6.45, 7) is 1.64. The maximum atomic E-state index is 12.7. The highest BCUT2D eigenvalue weighted by Gasteiger charge is 2.30. The summed E-state index contributed by atoms with van der Waals surface area (Å²) in [6, 6.07) is 9.88. The lowest BCUT2D eigenvalue weighted by Crippen LogP contribution is -2.26. The number of anilines is 1. The van der Waals surface area contributed by atoms with Crippen LogP contribution in [-0.4, -0.2) is 25.0 Å². The number of hydrazone groups is 1. The molecule has 2 aromatic rings. The van der Waals surface area contributed by atoms with Gasteiger partial charge in [0.15, 0.2) is 11.5 Å². The molecule has 1 amide bonds. The Hall–Kier alpha value is -3.23. The van der Waals surface area contributed by atoms with E-state index < -0.39 is 17.6 Å². The Morgan fingerprint density at radius 3 is 2.70 bits per heavy atom. The number of rotatable bonds is 5. The van der Waals surface area contributed by atoms with Crippen molar-refractivity contribution in [2.45, 2.75) is 13.1 Å². The Bertz CT molecular complexity index is 882. The molecule has 0 aliphatic carbocycles. The van der Waals surface area contributed by atoms with Crippen LogP contribution in [0.5, 0.6) is 11.5 Å². The SMILES string of the molecule is C/C(=N\NC(=O)CNc1cccc(C(F)(F)F)c1)c1ccc2c(c1)OCO2. The van der Waals surface area contributed by atoms with Crippen LogP contribution in [0.2, 0.25) is 0 Å². The molecule has 2 N–H and O–H groups in total. The Balaban J connectivity index is 1.56. The number of carbonyl (C=O) groups excluding carboxylic acids is 1. The highest BCUT2D eigenvalue weighted by molar-refractivity contribution is 6.00. The quantitative estimate of drug-likeness (QED) is 0.617. The molecule has 9 heteroatoms. The van der Waals surface area contributed by atoms with Gasteiger partial charge in [-0.25, -0.2) is 5.43 Å². The van der Waals surface area contributed by atoms with E-state index in [0.717, 1.165) is 17.7 Å². The standard InChI is InChI=1S/C18H16F3N3O3/c1-11(12-5-6-15-16(7-12)27-10-26-15)23-24-17(25)9-22-14-4-2-3-13(8-14)18(19,20)21/h2-8,22H,9-10H2,1H3,(H,24,25)/b23-11+. The van der Waals surface area contributed by atoms with Gasteiger partial charge in [-0.15, -0.1) is 0 Å². The highest BCUT2D eigenvalue weighted by atomic mass is 19.4. The zero-order valence-corrected chi connectivity index (χ0v) is 14.3. The van der Waals surface area contributed by atoms with E-state index in [1.807, 2.05) is 0 Å². The number of hydrogen-bond acceptors (Lipinski definition) is 5. The molecule has 1 heterocycles. The molecule has 0 aromatic heterocycles. The smallest absolute Gasteiger partial charge is 0.416 e. The first-order valence-corrected chi connectivity index (χ1v) is 7.97. The summed E-state index contributed by atoms with van der Waals surface area (Å²) >= 11 is 0. The van der Waals surface area contributed by atoms with Gasteiger partial charge in [0.1, 0.15) is 0 Å².